The average molecular weight is 244 g/mol. The molecule has 15 heavy (non-hydrogen) atoms. The van der Waals surface area contributed by atoms with Crippen molar-refractivity contribution in [2.75, 3.05) is 18.6 Å². The molecule has 0 spiro atoms. The van der Waals surface area contributed by atoms with Gasteiger partial charge in [0.25, 0.3) is 0 Å². The number of aromatic nitrogens is 1. The van der Waals surface area contributed by atoms with E-state index in [1.54, 1.807) is 11.3 Å². The van der Waals surface area contributed by atoms with Crippen LogP contribution in [0.2, 0.25) is 0 Å². The molecule has 0 radical (unpaired) electrons. The molecule has 1 heterocycles. The SMILES string of the molecule is CCNC(CCSC)Cc1nc(C)cs1. The molecule has 2 nitrogen and oxygen atoms in total. The number of thiazole rings is 1. The van der Waals surface area contributed by atoms with Crippen molar-refractivity contribution in [1.29, 1.82) is 0 Å². The number of likely N-dealkylation sites (N-methyl/N-ethyl adjacent to an activating group) is 1. The third-order valence-corrected chi connectivity index (χ3v) is 3.88. The molecular formula is C11H20N2S2. The van der Waals surface area contributed by atoms with E-state index in [-0.39, 0.29) is 0 Å². The maximum absolute atomic E-state index is 4.51. The number of thioether (sulfide) groups is 1. The van der Waals surface area contributed by atoms with Crippen molar-refractivity contribution in [3.8, 4) is 0 Å². The Kier molecular flexibility index (Phi) is 6.29. The lowest BCUT2D eigenvalue weighted by molar-refractivity contribution is 0.512. The zero-order valence-electron chi connectivity index (χ0n) is 9.75. The van der Waals surface area contributed by atoms with Gasteiger partial charge in [-0.2, -0.15) is 11.8 Å². The van der Waals surface area contributed by atoms with E-state index in [1.807, 2.05) is 11.8 Å². The summed E-state index contributed by atoms with van der Waals surface area (Å²) >= 11 is 3.69. The molecule has 0 aliphatic rings. The first kappa shape index (κ1) is 13.0. The van der Waals surface area contributed by atoms with E-state index in [0.29, 0.717) is 6.04 Å². The molecule has 1 aromatic rings. The number of hydrogen-bond acceptors (Lipinski definition) is 4. The second-order valence-corrected chi connectivity index (χ2v) is 5.55. The van der Waals surface area contributed by atoms with Crippen molar-refractivity contribution in [1.82, 2.24) is 10.3 Å². The molecule has 86 valence electrons. The largest absolute Gasteiger partial charge is 0.314 e. The normalized spacial score (nSPS) is 13.0. The Morgan fingerprint density at radius 1 is 1.60 bits per heavy atom. The zero-order chi connectivity index (χ0) is 11.1. The summed E-state index contributed by atoms with van der Waals surface area (Å²) in [6.07, 6.45) is 4.47. The first-order valence-corrected chi connectivity index (χ1v) is 7.67. The molecule has 1 rings (SSSR count). The van der Waals surface area contributed by atoms with Crippen molar-refractivity contribution in [2.24, 2.45) is 0 Å². The number of hydrogen-bond donors (Lipinski definition) is 1. The van der Waals surface area contributed by atoms with Crippen LogP contribution < -0.4 is 5.32 Å². The molecule has 1 aromatic heterocycles. The lowest BCUT2D eigenvalue weighted by Crippen LogP contribution is -2.31. The fraction of sp³-hybridized carbons (Fsp3) is 0.727. The van der Waals surface area contributed by atoms with Crippen LogP contribution in [0.1, 0.15) is 24.0 Å². The Morgan fingerprint density at radius 3 is 2.93 bits per heavy atom. The summed E-state index contributed by atoms with van der Waals surface area (Å²) in [7, 11) is 0. The van der Waals surface area contributed by atoms with Crippen molar-refractivity contribution in [3.63, 3.8) is 0 Å². The molecule has 0 fully saturated rings. The summed E-state index contributed by atoms with van der Waals surface area (Å²) in [5.74, 6) is 1.22. The molecule has 4 heteroatoms. The van der Waals surface area contributed by atoms with Gasteiger partial charge in [0.05, 0.1) is 5.01 Å². The highest BCUT2D eigenvalue weighted by atomic mass is 32.2. The van der Waals surface area contributed by atoms with Gasteiger partial charge < -0.3 is 5.32 Å². The molecule has 0 aliphatic carbocycles. The average Bonchev–Trinajstić information content (AvgIpc) is 2.61. The predicted molar refractivity (Wildman–Crippen MR) is 71.0 cm³/mol. The maximum Gasteiger partial charge on any atom is 0.0943 e. The number of rotatable bonds is 7. The van der Waals surface area contributed by atoms with Gasteiger partial charge >= 0.3 is 0 Å². The van der Waals surface area contributed by atoms with Crippen LogP contribution in [0.5, 0.6) is 0 Å². The van der Waals surface area contributed by atoms with E-state index in [2.05, 4.69) is 35.8 Å². The Bertz CT molecular complexity index is 273. The highest BCUT2D eigenvalue weighted by Crippen LogP contribution is 2.13. The highest BCUT2D eigenvalue weighted by Gasteiger charge is 2.10. The molecule has 0 saturated carbocycles. The lowest BCUT2D eigenvalue weighted by atomic mass is 10.1. The summed E-state index contributed by atoms with van der Waals surface area (Å²) in [5.41, 5.74) is 1.15. The Balaban J connectivity index is 2.42. The number of nitrogens with one attached hydrogen (secondary N) is 1. The third kappa shape index (κ3) is 5.00. The van der Waals surface area contributed by atoms with Crippen molar-refractivity contribution in [3.05, 3.63) is 16.1 Å². The van der Waals surface area contributed by atoms with E-state index in [9.17, 15) is 0 Å². The molecule has 0 aromatic carbocycles. The van der Waals surface area contributed by atoms with Gasteiger partial charge in [-0.3, -0.25) is 0 Å². The summed E-state index contributed by atoms with van der Waals surface area (Å²) in [6.45, 7) is 5.27. The van der Waals surface area contributed by atoms with Gasteiger partial charge in [0.2, 0.25) is 0 Å². The topological polar surface area (TPSA) is 24.9 Å². The minimum atomic E-state index is 0.591. The molecule has 1 N–H and O–H groups in total. The van der Waals surface area contributed by atoms with Crippen LogP contribution >= 0.6 is 23.1 Å². The van der Waals surface area contributed by atoms with Crippen LogP contribution in [-0.2, 0) is 6.42 Å². The molecule has 0 amide bonds. The van der Waals surface area contributed by atoms with E-state index in [0.717, 1.165) is 18.7 Å². The van der Waals surface area contributed by atoms with E-state index >= 15 is 0 Å². The number of nitrogens with zero attached hydrogens (tertiary/aromatic N) is 1. The van der Waals surface area contributed by atoms with Crippen LogP contribution in [0, 0.1) is 6.92 Å². The van der Waals surface area contributed by atoms with E-state index < -0.39 is 0 Å². The molecular weight excluding hydrogens is 224 g/mol. The zero-order valence-corrected chi connectivity index (χ0v) is 11.4. The van der Waals surface area contributed by atoms with Crippen molar-refractivity contribution < 1.29 is 0 Å². The number of aryl methyl sites for hydroxylation is 1. The monoisotopic (exact) mass is 244 g/mol. The molecule has 0 saturated heterocycles. The van der Waals surface area contributed by atoms with Crippen molar-refractivity contribution in [2.45, 2.75) is 32.7 Å². The fourth-order valence-corrected chi connectivity index (χ4v) is 2.91. The van der Waals surface area contributed by atoms with Gasteiger partial charge in [-0.25, -0.2) is 4.98 Å². The standard InChI is InChI=1S/C11H20N2S2/c1-4-12-10(5-6-14-3)7-11-13-9(2)8-15-11/h8,10,12H,4-7H2,1-3H3. The summed E-state index contributed by atoms with van der Waals surface area (Å²) in [5, 5.41) is 6.92. The van der Waals surface area contributed by atoms with Gasteiger partial charge in [0.15, 0.2) is 0 Å². The third-order valence-electron chi connectivity index (χ3n) is 2.25. The Labute approximate surface area is 101 Å². The molecule has 0 aliphatic heterocycles. The second-order valence-electron chi connectivity index (χ2n) is 3.62. The van der Waals surface area contributed by atoms with Gasteiger partial charge in [0.1, 0.15) is 0 Å². The predicted octanol–water partition coefficient (Wildman–Crippen LogP) is 2.73. The summed E-state index contributed by atoms with van der Waals surface area (Å²) < 4.78 is 0. The van der Waals surface area contributed by atoms with Crippen LogP contribution in [0.15, 0.2) is 5.38 Å². The van der Waals surface area contributed by atoms with Crippen molar-refractivity contribution >= 4 is 23.1 Å². The minimum absolute atomic E-state index is 0.591. The second kappa shape index (κ2) is 7.25. The first-order valence-electron chi connectivity index (χ1n) is 5.39. The summed E-state index contributed by atoms with van der Waals surface area (Å²) in [6, 6.07) is 0.591. The lowest BCUT2D eigenvalue weighted by Gasteiger charge is -2.15. The Hall–Kier alpha value is -0.0600. The van der Waals surface area contributed by atoms with E-state index in [4.69, 9.17) is 0 Å². The molecule has 0 bridgehead atoms. The molecule has 1 unspecified atom stereocenters. The van der Waals surface area contributed by atoms with Gasteiger partial charge in [-0.05, 0) is 31.9 Å². The smallest absolute Gasteiger partial charge is 0.0943 e. The van der Waals surface area contributed by atoms with Crippen LogP contribution in [0.3, 0.4) is 0 Å². The van der Waals surface area contributed by atoms with Crippen LogP contribution in [-0.4, -0.2) is 29.6 Å². The van der Waals surface area contributed by atoms with Gasteiger partial charge in [0, 0.05) is 23.5 Å². The van der Waals surface area contributed by atoms with Crippen LogP contribution in [0.4, 0.5) is 0 Å². The Morgan fingerprint density at radius 2 is 2.40 bits per heavy atom. The van der Waals surface area contributed by atoms with Crippen LogP contribution in [0.25, 0.3) is 0 Å². The quantitative estimate of drug-likeness (QED) is 0.798. The van der Waals surface area contributed by atoms with E-state index in [1.165, 1.54) is 17.2 Å². The highest BCUT2D eigenvalue weighted by molar-refractivity contribution is 7.98. The van der Waals surface area contributed by atoms with Gasteiger partial charge in [-0.1, -0.05) is 6.92 Å². The summed E-state index contributed by atoms with van der Waals surface area (Å²) in [4.78, 5) is 4.51. The maximum atomic E-state index is 4.51. The first-order chi connectivity index (χ1) is 7.26. The van der Waals surface area contributed by atoms with Gasteiger partial charge in [-0.15, -0.1) is 11.3 Å². The minimum Gasteiger partial charge on any atom is -0.314 e. The molecule has 1 atom stereocenters. The fourth-order valence-electron chi connectivity index (χ4n) is 1.53.